The van der Waals surface area contributed by atoms with Crippen LogP contribution in [-0.4, -0.2) is 11.9 Å². The smallest absolute Gasteiger partial charge is 0.363 e. The Hall–Kier alpha value is -2.68. The van der Waals surface area contributed by atoms with Crippen molar-refractivity contribution in [3.63, 3.8) is 0 Å². The zero-order valence-electron chi connectivity index (χ0n) is 12.7. The molecule has 0 radical (unpaired) electrons. The maximum absolute atomic E-state index is 12.0. The van der Waals surface area contributed by atoms with Crippen LogP contribution in [0.1, 0.15) is 22.3 Å². The minimum absolute atomic E-state index is 0.359. The van der Waals surface area contributed by atoms with Gasteiger partial charge in [-0.15, -0.1) is 0 Å². The Balaban J connectivity index is 1.85. The molecule has 1 aliphatic rings. The molecule has 0 atom stereocenters. The highest BCUT2D eigenvalue weighted by Crippen LogP contribution is 2.20. The average molecular weight is 291 g/mol. The summed E-state index contributed by atoms with van der Waals surface area (Å²) in [5.41, 5.74) is 4.73. The molecule has 3 heteroatoms. The molecule has 0 N–H and O–H groups in total. The Kier molecular flexibility index (Phi) is 3.88. The maximum atomic E-state index is 12.0. The minimum atomic E-state index is -0.383. The molecule has 2 aromatic rings. The van der Waals surface area contributed by atoms with Crippen LogP contribution in [0.15, 0.2) is 59.2 Å². The van der Waals surface area contributed by atoms with Crippen LogP contribution in [0.5, 0.6) is 0 Å². The van der Waals surface area contributed by atoms with Gasteiger partial charge in [-0.2, -0.15) is 0 Å². The fourth-order valence-electron chi connectivity index (χ4n) is 2.43. The molecule has 0 saturated carbocycles. The van der Waals surface area contributed by atoms with Crippen molar-refractivity contribution in [3.05, 3.63) is 76.5 Å². The Morgan fingerprint density at radius 1 is 1.09 bits per heavy atom. The summed E-state index contributed by atoms with van der Waals surface area (Å²) >= 11 is 0. The van der Waals surface area contributed by atoms with Crippen LogP contribution in [0, 0.1) is 13.8 Å². The lowest BCUT2D eigenvalue weighted by molar-refractivity contribution is -0.130. The first-order valence-electron chi connectivity index (χ1n) is 7.24. The van der Waals surface area contributed by atoms with Crippen molar-refractivity contribution in [2.24, 2.45) is 4.99 Å². The van der Waals surface area contributed by atoms with E-state index in [0.29, 0.717) is 18.0 Å². The first-order valence-corrected chi connectivity index (χ1v) is 7.24. The third-order valence-corrected chi connectivity index (χ3v) is 3.58. The molecule has 3 rings (SSSR count). The van der Waals surface area contributed by atoms with Gasteiger partial charge in [0.2, 0.25) is 5.90 Å². The second kappa shape index (κ2) is 5.98. The van der Waals surface area contributed by atoms with Gasteiger partial charge in [0, 0.05) is 6.42 Å². The highest BCUT2D eigenvalue weighted by molar-refractivity contribution is 6.07. The van der Waals surface area contributed by atoms with E-state index in [-0.39, 0.29) is 5.97 Å². The first-order chi connectivity index (χ1) is 10.6. The Labute approximate surface area is 130 Å². The molecule has 22 heavy (non-hydrogen) atoms. The monoisotopic (exact) mass is 291 g/mol. The van der Waals surface area contributed by atoms with Gasteiger partial charge in [-0.05, 0) is 36.6 Å². The topological polar surface area (TPSA) is 38.7 Å². The summed E-state index contributed by atoms with van der Waals surface area (Å²) in [7, 11) is 0. The number of aliphatic imine (C=N–C) groups is 1. The Bertz CT molecular complexity index is 773. The summed E-state index contributed by atoms with van der Waals surface area (Å²) in [6.07, 6.45) is 2.31. The zero-order chi connectivity index (χ0) is 15.5. The standard InChI is InChI=1S/C19H17NO2/c1-13-8-9-16(14(2)10-13)12-17-19(21)22-18(20-17)11-15-6-4-3-5-7-15/h3-10,12H,11H2,1-2H3/b17-12-. The van der Waals surface area contributed by atoms with Gasteiger partial charge in [-0.3, -0.25) is 0 Å². The third-order valence-electron chi connectivity index (χ3n) is 3.58. The number of carbonyl (C=O) groups is 1. The van der Waals surface area contributed by atoms with E-state index < -0.39 is 0 Å². The van der Waals surface area contributed by atoms with E-state index in [2.05, 4.69) is 11.1 Å². The zero-order valence-corrected chi connectivity index (χ0v) is 12.7. The second-order valence-electron chi connectivity index (χ2n) is 5.45. The molecular weight excluding hydrogens is 274 g/mol. The largest absolute Gasteiger partial charge is 0.406 e. The van der Waals surface area contributed by atoms with Crippen LogP contribution >= 0.6 is 0 Å². The molecule has 0 bridgehead atoms. The fourth-order valence-corrected chi connectivity index (χ4v) is 2.43. The van der Waals surface area contributed by atoms with E-state index in [0.717, 1.165) is 16.7 Å². The van der Waals surface area contributed by atoms with E-state index >= 15 is 0 Å². The molecule has 0 amide bonds. The van der Waals surface area contributed by atoms with Crippen molar-refractivity contribution in [3.8, 4) is 0 Å². The number of esters is 1. The first kappa shape index (κ1) is 14.3. The molecule has 0 spiro atoms. The number of ether oxygens (including phenoxy) is 1. The van der Waals surface area contributed by atoms with E-state index in [1.807, 2.05) is 56.3 Å². The van der Waals surface area contributed by atoms with Crippen molar-refractivity contribution in [1.29, 1.82) is 0 Å². The van der Waals surface area contributed by atoms with Crippen LogP contribution in [0.25, 0.3) is 6.08 Å². The van der Waals surface area contributed by atoms with Gasteiger partial charge in [0.05, 0.1) is 0 Å². The number of aryl methyl sites for hydroxylation is 2. The molecule has 110 valence electrons. The number of hydrogen-bond donors (Lipinski definition) is 0. The normalized spacial score (nSPS) is 15.8. The molecule has 1 heterocycles. The number of cyclic esters (lactones) is 1. The quantitative estimate of drug-likeness (QED) is 0.636. The molecule has 0 fully saturated rings. The number of carbonyl (C=O) groups excluding carboxylic acids is 1. The Morgan fingerprint density at radius 3 is 2.59 bits per heavy atom. The van der Waals surface area contributed by atoms with Crippen molar-refractivity contribution < 1.29 is 9.53 Å². The lowest BCUT2D eigenvalue weighted by Crippen LogP contribution is -2.06. The van der Waals surface area contributed by atoms with Crippen LogP contribution < -0.4 is 0 Å². The highest BCUT2D eigenvalue weighted by Gasteiger charge is 2.23. The van der Waals surface area contributed by atoms with E-state index in [4.69, 9.17) is 4.74 Å². The van der Waals surface area contributed by atoms with Crippen LogP contribution in [0.3, 0.4) is 0 Å². The predicted octanol–water partition coefficient (Wildman–Crippen LogP) is 3.84. The predicted molar refractivity (Wildman–Crippen MR) is 87.6 cm³/mol. The average Bonchev–Trinajstić information content (AvgIpc) is 2.83. The summed E-state index contributed by atoms with van der Waals surface area (Å²) in [5.74, 6) is 0.0677. The van der Waals surface area contributed by atoms with Crippen LogP contribution in [0.4, 0.5) is 0 Å². The minimum Gasteiger partial charge on any atom is -0.406 e. The van der Waals surface area contributed by atoms with Crippen molar-refractivity contribution >= 4 is 17.9 Å². The van der Waals surface area contributed by atoms with Gasteiger partial charge in [0.1, 0.15) is 0 Å². The molecule has 2 aromatic carbocycles. The number of benzene rings is 2. The van der Waals surface area contributed by atoms with E-state index in [1.165, 1.54) is 5.56 Å². The summed E-state index contributed by atoms with van der Waals surface area (Å²) in [4.78, 5) is 16.3. The summed E-state index contributed by atoms with van der Waals surface area (Å²) in [6, 6.07) is 15.9. The van der Waals surface area contributed by atoms with Gasteiger partial charge in [0.25, 0.3) is 0 Å². The lowest BCUT2D eigenvalue weighted by atomic mass is 10.0. The summed E-state index contributed by atoms with van der Waals surface area (Å²) < 4.78 is 5.26. The van der Waals surface area contributed by atoms with Crippen molar-refractivity contribution in [2.75, 3.05) is 0 Å². The van der Waals surface area contributed by atoms with Gasteiger partial charge in [-0.1, -0.05) is 54.1 Å². The molecule has 0 unspecified atom stereocenters. The van der Waals surface area contributed by atoms with Crippen molar-refractivity contribution in [1.82, 2.24) is 0 Å². The van der Waals surface area contributed by atoms with Gasteiger partial charge in [0.15, 0.2) is 5.70 Å². The van der Waals surface area contributed by atoms with Gasteiger partial charge >= 0.3 is 5.97 Å². The molecule has 3 nitrogen and oxygen atoms in total. The van der Waals surface area contributed by atoms with Gasteiger partial charge in [-0.25, -0.2) is 9.79 Å². The lowest BCUT2D eigenvalue weighted by Gasteiger charge is -2.01. The number of nitrogens with zero attached hydrogens (tertiary/aromatic N) is 1. The number of rotatable bonds is 3. The van der Waals surface area contributed by atoms with E-state index in [1.54, 1.807) is 6.08 Å². The number of hydrogen-bond acceptors (Lipinski definition) is 3. The maximum Gasteiger partial charge on any atom is 0.363 e. The molecular formula is C19H17NO2. The summed E-state index contributed by atoms with van der Waals surface area (Å²) in [5, 5.41) is 0. The van der Waals surface area contributed by atoms with Crippen molar-refractivity contribution in [2.45, 2.75) is 20.3 Å². The molecule has 1 aliphatic heterocycles. The molecule has 0 aromatic heterocycles. The van der Waals surface area contributed by atoms with Crippen LogP contribution in [-0.2, 0) is 16.0 Å². The highest BCUT2D eigenvalue weighted by atomic mass is 16.6. The second-order valence-corrected chi connectivity index (χ2v) is 5.45. The van der Waals surface area contributed by atoms with Gasteiger partial charge < -0.3 is 4.74 Å². The van der Waals surface area contributed by atoms with Crippen LogP contribution in [0.2, 0.25) is 0 Å². The van der Waals surface area contributed by atoms with E-state index in [9.17, 15) is 4.79 Å². The Morgan fingerprint density at radius 2 is 1.86 bits per heavy atom. The molecule has 0 saturated heterocycles. The SMILES string of the molecule is Cc1ccc(/C=C2\N=C(Cc3ccccc3)OC2=O)c(C)c1. The third kappa shape index (κ3) is 3.14. The summed E-state index contributed by atoms with van der Waals surface area (Å²) in [6.45, 7) is 4.07. The molecule has 0 aliphatic carbocycles. The fraction of sp³-hybridized carbons (Fsp3) is 0.158.